The van der Waals surface area contributed by atoms with Crippen LogP contribution in [-0.2, 0) is 227 Å². The van der Waals surface area contributed by atoms with Crippen molar-refractivity contribution in [2.75, 3.05) is 6.79 Å². The predicted molar refractivity (Wildman–Crippen MR) is 129 cm³/mol. The van der Waals surface area contributed by atoms with Gasteiger partial charge < -0.3 is 140 Å². The summed E-state index contributed by atoms with van der Waals surface area (Å²) in [5.41, 5.74) is 0. The van der Waals surface area contributed by atoms with Crippen LogP contribution in [0, 0.1) is 125 Å². The first-order valence-corrected chi connectivity index (χ1v) is 3.24. The van der Waals surface area contributed by atoms with Crippen LogP contribution in [0.15, 0.2) is 0 Å². The number of hydrogen-bond acceptors (Lipinski definition) is 6. The molecule has 23 heteroatoms. The Morgan fingerprint density at radius 2 is 0.325 bits per heavy atom. The Hall–Kier alpha value is 5.78. The SMILES string of the molecule is O=C(O)O.O=C(O)O.O=C(O)O.O=C(O)O.OCO.[CH3-].[CH3-].[CH3-].[CH3-].[CH3-].[CH3-].[CH3-].[CH3-].[CH3-].[CH3-].[CH3-].[CH3-].[La].[Pt+4].[Pt+4].[Pt+4].[Y].[Y].[Y].[Y].[Y]. The van der Waals surface area contributed by atoms with Gasteiger partial charge in [-0.3, -0.25) is 0 Å². The summed E-state index contributed by atoms with van der Waals surface area (Å²) in [5.74, 6) is 0. The minimum absolute atomic E-state index is 0. The standard InChI is InChI=1S/4CH2O3.CH4O2.12CH3.La.3Pt.5Y/c4*2-1(3)4;2-1-3;;;;;;;;;;;;;;;;;;;;;/h4*(H2,2,3,4);2-3H,1H2;12*1H3;;;;;;;;;/q;;;;;12*-1;;3*+4;;;;;. The van der Waals surface area contributed by atoms with Crippen LogP contribution in [-0.4, -0.2) is 82.5 Å². The van der Waals surface area contributed by atoms with Crippen molar-refractivity contribution in [3.8, 4) is 0 Å². The summed E-state index contributed by atoms with van der Waals surface area (Å²) in [6.07, 6.45) is -7.33. The van der Waals surface area contributed by atoms with Gasteiger partial charge in [0.2, 0.25) is 0 Å². The van der Waals surface area contributed by atoms with Crippen LogP contribution >= 0.6 is 0 Å². The van der Waals surface area contributed by atoms with Crippen LogP contribution in [0.2, 0.25) is 0 Å². The molecule has 0 saturated heterocycles. The van der Waals surface area contributed by atoms with Gasteiger partial charge in [0.25, 0.3) is 0 Å². The summed E-state index contributed by atoms with van der Waals surface area (Å²) in [4.78, 5) is 34.2. The number of carbonyl (C=O) groups is 4. The van der Waals surface area contributed by atoms with E-state index in [0.717, 1.165) is 0 Å². The number of aliphatic hydroxyl groups excluding tert-OH is 1. The van der Waals surface area contributed by atoms with Crippen molar-refractivity contribution >= 4 is 24.6 Å². The van der Waals surface area contributed by atoms with E-state index in [1.165, 1.54) is 0 Å². The minimum Gasteiger partial charge on any atom is -0.450 e. The molecule has 0 spiro atoms. The molecule has 0 heterocycles. The van der Waals surface area contributed by atoms with Crippen LogP contribution < -0.4 is 0 Å². The maximum Gasteiger partial charge on any atom is 4.00 e. The Kier molecular flexibility index (Phi) is 1430. The van der Waals surface area contributed by atoms with Crippen LogP contribution in [0.1, 0.15) is 0 Å². The largest absolute Gasteiger partial charge is 4.00 e. The van der Waals surface area contributed by atoms with Crippen molar-refractivity contribution in [1.29, 1.82) is 0 Å². The van der Waals surface area contributed by atoms with Crippen LogP contribution in [0.25, 0.3) is 0 Å². The molecular weight excluding hydrogens is 1600 g/mol. The summed E-state index contributed by atoms with van der Waals surface area (Å²) >= 11 is 0. The Bertz CT molecular complexity index is 226. The summed E-state index contributed by atoms with van der Waals surface area (Å²) in [5, 5.41) is 70.0. The third-order valence-electron chi connectivity index (χ3n) is 0. The van der Waals surface area contributed by atoms with Crippen LogP contribution in [0.5, 0.6) is 0 Å². The van der Waals surface area contributed by atoms with Crippen molar-refractivity contribution in [3.63, 3.8) is 0 Å². The van der Waals surface area contributed by atoms with Gasteiger partial charge >= 0.3 is 87.8 Å². The predicted octanol–water partition coefficient (Wildman–Crippen LogP) is 5.20. The summed E-state index contributed by atoms with van der Waals surface area (Å²) < 4.78 is 0. The molecule has 0 aliphatic heterocycles. The number of carboxylic acid groups (broad SMARTS) is 8. The molecule has 0 aromatic heterocycles. The fourth-order valence-electron chi connectivity index (χ4n) is 0. The number of aliphatic hydroxyl groups is 2. The zero-order valence-corrected chi connectivity index (χ0v) is 49.9. The van der Waals surface area contributed by atoms with E-state index in [0.29, 0.717) is 0 Å². The molecule has 0 bridgehead atoms. The van der Waals surface area contributed by atoms with E-state index in [1.807, 2.05) is 0 Å². The third kappa shape index (κ3) is 2400. The first-order valence-electron chi connectivity index (χ1n) is 3.24. The van der Waals surface area contributed by atoms with Gasteiger partial charge in [0.1, 0.15) is 6.79 Å². The van der Waals surface area contributed by atoms with E-state index in [2.05, 4.69) is 0 Å². The Labute approximate surface area is 443 Å². The van der Waals surface area contributed by atoms with Gasteiger partial charge in [-0.25, -0.2) is 19.2 Å². The van der Waals surface area contributed by atoms with E-state index < -0.39 is 31.4 Å². The van der Waals surface area contributed by atoms with Crippen molar-refractivity contribution in [3.05, 3.63) is 89.1 Å². The molecule has 0 unspecified atom stereocenters. The molecule has 248 valence electrons. The molecule has 0 fully saturated rings. The van der Waals surface area contributed by atoms with E-state index in [-0.39, 0.29) is 351 Å². The maximum atomic E-state index is 8.56. The summed E-state index contributed by atoms with van der Waals surface area (Å²) in [7, 11) is 0. The number of hydrogen-bond donors (Lipinski definition) is 10. The Morgan fingerprint density at radius 1 is 0.325 bits per heavy atom. The molecule has 0 aromatic rings. The molecule has 0 rings (SSSR count). The Balaban J connectivity index is -0.00000000226. The fourth-order valence-corrected chi connectivity index (χ4v) is 0. The fraction of sp³-hybridized carbons (Fsp3) is 0.0588. The second kappa shape index (κ2) is 243. The van der Waals surface area contributed by atoms with Gasteiger partial charge in [0, 0.05) is 199 Å². The van der Waals surface area contributed by atoms with Gasteiger partial charge in [0.15, 0.2) is 0 Å². The zero-order chi connectivity index (χ0) is 17.0. The molecule has 0 atom stereocenters. The quantitative estimate of drug-likeness (QED) is 0.110. The van der Waals surface area contributed by atoms with Crippen LogP contribution in [0.4, 0.5) is 19.2 Å². The molecule has 0 aromatic carbocycles. The third-order valence-corrected chi connectivity index (χ3v) is 0. The molecule has 40 heavy (non-hydrogen) atoms. The molecule has 0 aliphatic carbocycles. The van der Waals surface area contributed by atoms with Gasteiger partial charge in [-0.15, -0.1) is 0 Å². The monoisotopic (exact) mass is 1640 g/mol. The second-order valence-corrected chi connectivity index (χ2v) is 1.27. The summed E-state index contributed by atoms with van der Waals surface area (Å²) in [6.45, 7) is -0.750. The smallest absolute Gasteiger partial charge is 0.450 e. The van der Waals surface area contributed by atoms with E-state index in [9.17, 15) is 0 Å². The van der Waals surface area contributed by atoms with Crippen LogP contribution in [0.3, 0.4) is 0 Å². The maximum absolute atomic E-state index is 8.56. The van der Waals surface area contributed by atoms with E-state index in [1.54, 1.807) is 0 Å². The van der Waals surface area contributed by atoms with Crippen molar-refractivity contribution in [2.45, 2.75) is 0 Å². The molecule has 0 saturated carbocycles. The van der Waals surface area contributed by atoms with Crippen molar-refractivity contribution in [1.82, 2.24) is 0 Å². The van der Waals surface area contributed by atoms with E-state index in [4.69, 9.17) is 70.2 Å². The first-order chi connectivity index (χ1) is 8.34. The van der Waals surface area contributed by atoms with Gasteiger partial charge in [-0.2, -0.15) is 0 Å². The van der Waals surface area contributed by atoms with Gasteiger partial charge in [-0.05, 0) is 0 Å². The molecule has 0 amide bonds. The van der Waals surface area contributed by atoms with Gasteiger partial charge in [0.05, 0.1) is 0 Å². The van der Waals surface area contributed by atoms with Gasteiger partial charge in [-0.1, -0.05) is 0 Å². The molecular formula is C17H48LaO14Pt3Y5. The normalized spacial score (nSPS) is 2.85. The van der Waals surface area contributed by atoms with Crippen molar-refractivity contribution in [2.24, 2.45) is 0 Å². The first kappa shape index (κ1) is 235. The number of rotatable bonds is 0. The van der Waals surface area contributed by atoms with Crippen molar-refractivity contribution < 1.29 is 333 Å². The average molecular weight is 1650 g/mol. The molecule has 14 nitrogen and oxygen atoms in total. The minimum atomic E-state index is -1.83. The average Bonchev–Trinajstić information content (AvgIpc) is 1.97. The topological polar surface area (TPSA) is 271 Å². The zero-order valence-electron chi connectivity index (χ0n) is 25.2. The second-order valence-electron chi connectivity index (χ2n) is 1.27. The summed E-state index contributed by atoms with van der Waals surface area (Å²) in [6, 6.07) is 0. The Morgan fingerprint density at radius 3 is 0.325 bits per heavy atom. The van der Waals surface area contributed by atoms with E-state index >= 15 is 0 Å². The molecule has 0 aliphatic rings. The molecule has 6 radical (unpaired) electrons. The molecule has 10 N–H and O–H groups in total.